The van der Waals surface area contributed by atoms with Crippen molar-refractivity contribution in [2.75, 3.05) is 7.11 Å². The summed E-state index contributed by atoms with van der Waals surface area (Å²) in [7, 11) is 1.33. The fraction of sp³-hybridized carbons (Fsp3) is 0.714. The molecule has 1 aliphatic heterocycles. The molecule has 1 saturated heterocycles. The molecular weight excluding hydrogens is 146 g/mol. The lowest BCUT2D eigenvalue weighted by Crippen LogP contribution is -2.29. The number of nitrogens with one attached hydrogen (secondary N) is 1. The molecule has 0 aliphatic carbocycles. The zero-order valence-corrected chi connectivity index (χ0v) is 6.59. The molecule has 4 heteroatoms. The second kappa shape index (κ2) is 2.90. The van der Waals surface area contributed by atoms with Crippen molar-refractivity contribution >= 4 is 11.9 Å². The minimum atomic E-state index is -0.309. The second-order valence-electron chi connectivity index (χ2n) is 2.69. The highest BCUT2D eigenvalue weighted by molar-refractivity contribution is 5.87. The highest BCUT2D eigenvalue weighted by Gasteiger charge is 2.35. The Labute approximate surface area is 64.9 Å². The Bertz CT molecular complexity index is 190. The maximum absolute atomic E-state index is 11.0. The van der Waals surface area contributed by atoms with Crippen LogP contribution in [0.5, 0.6) is 0 Å². The molecule has 0 unspecified atom stereocenters. The molecule has 0 bridgehead atoms. The predicted octanol–water partition coefficient (Wildman–Crippen LogP) is -0.316. The van der Waals surface area contributed by atoms with Gasteiger partial charge in [0.1, 0.15) is 0 Å². The second-order valence-corrected chi connectivity index (χ2v) is 2.69. The van der Waals surface area contributed by atoms with Crippen LogP contribution in [-0.4, -0.2) is 25.0 Å². The van der Waals surface area contributed by atoms with Gasteiger partial charge in [-0.1, -0.05) is 0 Å². The molecule has 1 rings (SSSR count). The molecule has 1 aliphatic rings. The van der Waals surface area contributed by atoms with E-state index in [1.54, 1.807) is 6.92 Å². The van der Waals surface area contributed by atoms with E-state index in [4.69, 9.17) is 0 Å². The predicted molar refractivity (Wildman–Crippen MR) is 37.7 cm³/mol. The lowest BCUT2D eigenvalue weighted by atomic mass is 10.0. The van der Waals surface area contributed by atoms with Gasteiger partial charge < -0.3 is 10.1 Å². The van der Waals surface area contributed by atoms with Crippen molar-refractivity contribution in [2.45, 2.75) is 19.4 Å². The van der Waals surface area contributed by atoms with Gasteiger partial charge in [0.2, 0.25) is 5.91 Å². The summed E-state index contributed by atoms with van der Waals surface area (Å²) in [4.78, 5) is 21.7. The monoisotopic (exact) mass is 157 g/mol. The van der Waals surface area contributed by atoms with Crippen molar-refractivity contribution in [3.8, 4) is 0 Å². The van der Waals surface area contributed by atoms with Gasteiger partial charge in [-0.3, -0.25) is 9.59 Å². The van der Waals surface area contributed by atoms with Crippen LogP contribution in [0.15, 0.2) is 0 Å². The van der Waals surface area contributed by atoms with Gasteiger partial charge in [0.05, 0.1) is 13.0 Å². The smallest absolute Gasteiger partial charge is 0.311 e. The van der Waals surface area contributed by atoms with Gasteiger partial charge in [-0.05, 0) is 6.92 Å². The Morgan fingerprint density at radius 2 is 2.36 bits per heavy atom. The molecule has 0 aromatic carbocycles. The molecule has 1 N–H and O–H groups in total. The van der Waals surface area contributed by atoms with Crippen molar-refractivity contribution in [1.82, 2.24) is 5.32 Å². The van der Waals surface area contributed by atoms with Crippen LogP contribution in [0.2, 0.25) is 0 Å². The van der Waals surface area contributed by atoms with Crippen LogP contribution in [0.25, 0.3) is 0 Å². The maximum Gasteiger partial charge on any atom is 0.311 e. The SMILES string of the molecule is COC(=O)[C@H]1CC(=O)N[C@H]1C. The summed E-state index contributed by atoms with van der Waals surface area (Å²) < 4.78 is 4.52. The molecule has 62 valence electrons. The van der Waals surface area contributed by atoms with Crippen LogP contribution in [0, 0.1) is 5.92 Å². The molecule has 0 spiro atoms. The maximum atomic E-state index is 11.0. The fourth-order valence-corrected chi connectivity index (χ4v) is 1.23. The molecule has 1 heterocycles. The Balaban J connectivity index is 2.59. The van der Waals surface area contributed by atoms with Gasteiger partial charge in [0.25, 0.3) is 0 Å². The van der Waals surface area contributed by atoms with E-state index >= 15 is 0 Å². The van der Waals surface area contributed by atoms with Crippen LogP contribution in [0.4, 0.5) is 0 Å². The largest absolute Gasteiger partial charge is 0.469 e. The molecule has 0 radical (unpaired) electrons. The van der Waals surface area contributed by atoms with E-state index in [1.807, 2.05) is 0 Å². The van der Waals surface area contributed by atoms with Crippen molar-refractivity contribution in [1.29, 1.82) is 0 Å². The highest BCUT2D eigenvalue weighted by atomic mass is 16.5. The minimum absolute atomic E-state index is 0.0760. The van der Waals surface area contributed by atoms with Gasteiger partial charge in [0.15, 0.2) is 0 Å². The van der Waals surface area contributed by atoms with Crippen LogP contribution >= 0.6 is 0 Å². The number of hydrogen-bond acceptors (Lipinski definition) is 3. The number of ether oxygens (including phenoxy) is 1. The quantitative estimate of drug-likeness (QED) is 0.531. The number of rotatable bonds is 1. The number of methoxy groups -OCH3 is 1. The van der Waals surface area contributed by atoms with E-state index in [0.717, 1.165) is 0 Å². The summed E-state index contributed by atoms with van der Waals surface area (Å²) in [5, 5.41) is 2.64. The van der Waals surface area contributed by atoms with Crippen LogP contribution < -0.4 is 5.32 Å². The van der Waals surface area contributed by atoms with Crippen LogP contribution in [0.1, 0.15) is 13.3 Å². The molecular formula is C7H11NO3. The van der Waals surface area contributed by atoms with Crippen molar-refractivity contribution in [3.05, 3.63) is 0 Å². The first kappa shape index (κ1) is 8.04. The van der Waals surface area contributed by atoms with Crippen molar-refractivity contribution in [3.63, 3.8) is 0 Å². The van der Waals surface area contributed by atoms with Gasteiger partial charge in [-0.2, -0.15) is 0 Å². The third kappa shape index (κ3) is 1.50. The molecule has 2 atom stereocenters. The highest BCUT2D eigenvalue weighted by Crippen LogP contribution is 2.16. The average Bonchev–Trinajstić information content (AvgIpc) is 2.28. The molecule has 0 aromatic rings. The zero-order valence-electron chi connectivity index (χ0n) is 6.59. The Morgan fingerprint density at radius 1 is 1.73 bits per heavy atom. The first-order valence-electron chi connectivity index (χ1n) is 3.52. The third-order valence-corrected chi connectivity index (χ3v) is 1.90. The van der Waals surface area contributed by atoms with Crippen LogP contribution in [0.3, 0.4) is 0 Å². The lowest BCUT2D eigenvalue weighted by molar-refractivity contribution is -0.146. The first-order chi connectivity index (χ1) is 5.15. The van der Waals surface area contributed by atoms with E-state index in [9.17, 15) is 9.59 Å². The number of carbonyl (C=O) groups is 2. The number of esters is 1. The topological polar surface area (TPSA) is 55.4 Å². The molecule has 0 aromatic heterocycles. The third-order valence-electron chi connectivity index (χ3n) is 1.90. The summed E-state index contributed by atoms with van der Waals surface area (Å²) in [6.45, 7) is 1.80. The molecule has 1 amide bonds. The summed E-state index contributed by atoms with van der Waals surface area (Å²) in [5.41, 5.74) is 0. The van der Waals surface area contributed by atoms with E-state index in [2.05, 4.69) is 10.1 Å². The zero-order chi connectivity index (χ0) is 8.43. The number of amides is 1. The number of carbonyl (C=O) groups excluding carboxylic acids is 2. The fourth-order valence-electron chi connectivity index (χ4n) is 1.23. The number of hydrogen-bond donors (Lipinski definition) is 1. The summed E-state index contributed by atoms with van der Waals surface area (Å²) >= 11 is 0. The average molecular weight is 157 g/mol. The summed E-state index contributed by atoms with van der Waals surface area (Å²) in [6.07, 6.45) is 0.258. The van der Waals surface area contributed by atoms with Crippen LogP contribution in [-0.2, 0) is 14.3 Å². The summed E-state index contributed by atoms with van der Waals surface area (Å²) in [5.74, 6) is -0.684. The van der Waals surface area contributed by atoms with Gasteiger partial charge >= 0.3 is 5.97 Å². The van der Waals surface area contributed by atoms with Gasteiger partial charge in [-0.15, -0.1) is 0 Å². The molecule has 11 heavy (non-hydrogen) atoms. The normalized spacial score (nSPS) is 29.8. The Morgan fingerprint density at radius 3 is 2.73 bits per heavy atom. The Kier molecular flexibility index (Phi) is 2.12. The van der Waals surface area contributed by atoms with E-state index in [1.165, 1.54) is 7.11 Å². The molecule has 4 nitrogen and oxygen atoms in total. The molecule has 0 saturated carbocycles. The minimum Gasteiger partial charge on any atom is -0.469 e. The van der Waals surface area contributed by atoms with E-state index in [0.29, 0.717) is 0 Å². The van der Waals surface area contributed by atoms with E-state index < -0.39 is 0 Å². The van der Waals surface area contributed by atoms with E-state index in [-0.39, 0.29) is 30.3 Å². The van der Waals surface area contributed by atoms with Crippen molar-refractivity contribution < 1.29 is 14.3 Å². The standard InChI is InChI=1S/C7H11NO3/c1-4-5(7(10)11-2)3-6(9)8-4/h4-5H,3H2,1-2H3,(H,8,9)/t4-,5-/m0/s1. The first-order valence-corrected chi connectivity index (χ1v) is 3.52. The van der Waals surface area contributed by atoms with Gasteiger partial charge in [0, 0.05) is 12.5 Å². The lowest BCUT2D eigenvalue weighted by Gasteiger charge is -2.10. The Hall–Kier alpha value is -1.06. The van der Waals surface area contributed by atoms with Crippen molar-refractivity contribution in [2.24, 2.45) is 5.92 Å². The van der Waals surface area contributed by atoms with Gasteiger partial charge in [-0.25, -0.2) is 0 Å². The summed E-state index contributed by atoms with van der Waals surface area (Å²) in [6, 6.07) is -0.0880. The molecule has 1 fully saturated rings.